The van der Waals surface area contributed by atoms with E-state index in [1.54, 1.807) is 6.07 Å². The maximum Gasteiger partial charge on any atom is 0.387 e. The molecule has 0 radical (unpaired) electrons. The van der Waals surface area contributed by atoms with Gasteiger partial charge in [-0.2, -0.15) is 8.78 Å². The van der Waals surface area contributed by atoms with Crippen molar-refractivity contribution in [2.45, 2.75) is 38.8 Å². The minimum Gasteiger partial charge on any atom is -0.427 e. The Balaban J connectivity index is 2.33. The van der Waals surface area contributed by atoms with Gasteiger partial charge in [-0.3, -0.25) is 10.1 Å². The fourth-order valence-corrected chi connectivity index (χ4v) is 2.50. The number of halogens is 2. The van der Waals surface area contributed by atoms with E-state index in [9.17, 15) is 18.9 Å². The van der Waals surface area contributed by atoms with Crippen molar-refractivity contribution in [3.8, 4) is 5.75 Å². The minimum absolute atomic E-state index is 0.282. The minimum atomic E-state index is -3.08. The third kappa shape index (κ3) is 3.15. The van der Waals surface area contributed by atoms with Gasteiger partial charge in [0.05, 0.1) is 4.92 Å². The molecule has 0 bridgehead atoms. The Labute approximate surface area is 115 Å². The maximum atomic E-state index is 12.4. The van der Waals surface area contributed by atoms with Crippen molar-refractivity contribution >= 4 is 11.4 Å². The van der Waals surface area contributed by atoms with E-state index in [2.05, 4.69) is 9.64 Å². The van der Waals surface area contributed by atoms with Gasteiger partial charge in [0, 0.05) is 30.4 Å². The predicted octanol–water partition coefficient (Wildman–Crippen LogP) is 3.58. The number of hydrogen-bond acceptors (Lipinski definition) is 4. The van der Waals surface area contributed by atoms with E-state index >= 15 is 0 Å². The smallest absolute Gasteiger partial charge is 0.387 e. The van der Waals surface area contributed by atoms with Crippen molar-refractivity contribution in [3.05, 3.63) is 28.3 Å². The van der Waals surface area contributed by atoms with Crippen LogP contribution >= 0.6 is 0 Å². The van der Waals surface area contributed by atoms with Crippen molar-refractivity contribution in [1.29, 1.82) is 0 Å². The van der Waals surface area contributed by atoms with Crippen LogP contribution in [0.5, 0.6) is 5.75 Å². The summed E-state index contributed by atoms with van der Waals surface area (Å²) in [6, 6.07) is 4.41. The molecule has 0 spiro atoms. The topological polar surface area (TPSA) is 55.6 Å². The summed E-state index contributed by atoms with van der Waals surface area (Å²) in [6.07, 6.45) is 3.17. The molecule has 1 fully saturated rings. The number of rotatable bonds is 4. The van der Waals surface area contributed by atoms with Gasteiger partial charge in [0.2, 0.25) is 5.75 Å². The highest BCUT2D eigenvalue weighted by Crippen LogP contribution is 2.34. The molecule has 0 amide bonds. The van der Waals surface area contributed by atoms with Gasteiger partial charge in [0.1, 0.15) is 0 Å². The van der Waals surface area contributed by atoms with E-state index < -0.39 is 17.2 Å². The largest absolute Gasteiger partial charge is 0.427 e. The van der Waals surface area contributed by atoms with Crippen LogP contribution in [0.2, 0.25) is 0 Å². The van der Waals surface area contributed by atoms with Crippen LogP contribution in [0.15, 0.2) is 18.2 Å². The van der Waals surface area contributed by atoms with Crippen LogP contribution in [0.3, 0.4) is 0 Å². The van der Waals surface area contributed by atoms with E-state index in [-0.39, 0.29) is 11.8 Å². The Morgan fingerprint density at radius 1 is 1.45 bits per heavy atom. The van der Waals surface area contributed by atoms with Crippen LogP contribution in [0.25, 0.3) is 0 Å². The molecule has 1 aromatic carbocycles. The number of alkyl halides is 2. The van der Waals surface area contributed by atoms with Crippen molar-refractivity contribution in [1.82, 2.24) is 0 Å². The number of ether oxygens (including phenoxy) is 1. The summed E-state index contributed by atoms with van der Waals surface area (Å²) in [7, 11) is 0. The molecule has 0 aromatic heterocycles. The van der Waals surface area contributed by atoms with Crippen molar-refractivity contribution < 1.29 is 18.4 Å². The lowest BCUT2D eigenvalue weighted by Crippen LogP contribution is -2.37. The first-order chi connectivity index (χ1) is 9.49. The number of piperidine rings is 1. The Bertz CT molecular complexity index is 497. The summed E-state index contributed by atoms with van der Waals surface area (Å²) in [5.41, 5.74) is 0.233. The van der Waals surface area contributed by atoms with Crippen LogP contribution < -0.4 is 9.64 Å². The number of benzene rings is 1. The molecule has 7 heteroatoms. The Morgan fingerprint density at radius 3 is 2.80 bits per heavy atom. The van der Waals surface area contributed by atoms with Gasteiger partial charge < -0.3 is 9.64 Å². The predicted molar refractivity (Wildman–Crippen MR) is 70.4 cm³/mol. The van der Waals surface area contributed by atoms with Gasteiger partial charge in [-0.25, -0.2) is 0 Å². The summed E-state index contributed by atoms with van der Waals surface area (Å²) in [5.74, 6) is -0.389. The molecule has 0 aliphatic carbocycles. The van der Waals surface area contributed by atoms with Crippen molar-refractivity contribution in [2.24, 2.45) is 0 Å². The van der Waals surface area contributed by atoms with Gasteiger partial charge in [0.25, 0.3) is 0 Å². The molecule has 110 valence electrons. The average molecular weight is 286 g/mol. The van der Waals surface area contributed by atoms with E-state index in [4.69, 9.17) is 0 Å². The molecule has 0 saturated carbocycles. The number of hydrogen-bond donors (Lipinski definition) is 0. The second-order valence-corrected chi connectivity index (χ2v) is 4.83. The second kappa shape index (κ2) is 6.02. The molecule has 1 heterocycles. The molecule has 1 aliphatic rings. The van der Waals surface area contributed by atoms with E-state index in [0.29, 0.717) is 5.69 Å². The third-order valence-corrected chi connectivity index (χ3v) is 3.49. The van der Waals surface area contributed by atoms with Crippen LogP contribution in [0.1, 0.15) is 26.2 Å². The average Bonchev–Trinajstić information content (AvgIpc) is 2.38. The van der Waals surface area contributed by atoms with Gasteiger partial charge in [-0.05, 0) is 32.3 Å². The quantitative estimate of drug-likeness (QED) is 0.627. The first kappa shape index (κ1) is 14.5. The number of nitro groups is 1. The molecule has 5 nitrogen and oxygen atoms in total. The lowest BCUT2D eigenvalue weighted by Gasteiger charge is -2.35. The SMILES string of the molecule is CC1CCCCN1c1ccc([N+](=O)[O-])c(OC(F)F)c1. The maximum absolute atomic E-state index is 12.4. The summed E-state index contributed by atoms with van der Waals surface area (Å²) >= 11 is 0. The highest BCUT2D eigenvalue weighted by molar-refractivity contribution is 5.59. The molecule has 1 aliphatic heterocycles. The van der Waals surface area contributed by atoms with Crippen LogP contribution in [-0.4, -0.2) is 24.1 Å². The van der Waals surface area contributed by atoms with Crippen LogP contribution in [0.4, 0.5) is 20.2 Å². The summed E-state index contributed by atoms with van der Waals surface area (Å²) < 4.78 is 29.0. The molecular weight excluding hydrogens is 270 g/mol. The van der Waals surface area contributed by atoms with Crippen LogP contribution in [-0.2, 0) is 0 Å². The molecule has 2 rings (SSSR count). The Morgan fingerprint density at radius 2 is 2.20 bits per heavy atom. The summed E-state index contributed by atoms with van der Waals surface area (Å²) in [6.45, 7) is -0.218. The Hall–Kier alpha value is -1.92. The lowest BCUT2D eigenvalue weighted by molar-refractivity contribution is -0.386. The van der Waals surface area contributed by atoms with Crippen molar-refractivity contribution in [2.75, 3.05) is 11.4 Å². The van der Waals surface area contributed by atoms with Gasteiger partial charge in [-0.1, -0.05) is 0 Å². The standard InChI is InChI=1S/C13H16F2N2O3/c1-9-4-2-3-7-16(9)10-5-6-11(17(18)19)12(8-10)20-13(14)15/h5-6,8-9,13H,2-4,7H2,1H3. The van der Waals surface area contributed by atoms with E-state index in [1.807, 2.05) is 6.92 Å². The molecule has 1 aromatic rings. The summed E-state index contributed by atoms with van der Waals surface area (Å²) in [5, 5.41) is 10.8. The third-order valence-electron chi connectivity index (χ3n) is 3.49. The van der Waals surface area contributed by atoms with Gasteiger partial charge >= 0.3 is 12.3 Å². The first-order valence-corrected chi connectivity index (χ1v) is 6.49. The van der Waals surface area contributed by atoms with Crippen molar-refractivity contribution in [3.63, 3.8) is 0 Å². The number of nitro benzene ring substituents is 1. The molecule has 1 unspecified atom stereocenters. The zero-order valence-electron chi connectivity index (χ0n) is 11.1. The molecule has 1 saturated heterocycles. The normalized spacial score (nSPS) is 19.2. The van der Waals surface area contributed by atoms with E-state index in [0.717, 1.165) is 25.8 Å². The molecule has 0 N–H and O–H groups in total. The number of anilines is 1. The fraction of sp³-hybridized carbons (Fsp3) is 0.538. The highest BCUT2D eigenvalue weighted by Gasteiger charge is 2.23. The van der Waals surface area contributed by atoms with Crippen LogP contribution in [0, 0.1) is 10.1 Å². The molecule has 20 heavy (non-hydrogen) atoms. The van der Waals surface area contributed by atoms with Gasteiger partial charge in [-0.15, -0.1) is 0 Å². The zero-order valence-corrected chi connectivity index (χ0v) is 11.1. The lowest BCUT2D eigenvalue weighted by atomic mass is 10.0. The number of nitrogens with zero attached hydrogens (tertiary/aromatic N) is 2. The second-order valence-electron chi connectivity index (χ2n) is 4.83. The summed E-state index contributed by atoms with van der Waals surface area (Å²) in [4.78, 5) is 12.2. The monoisotopic (exact) mass is 286 g/mol. The Kier molecular flexibility index (Phi) is 4.36. The van der Waals surface area contributed by atoms with E-state index in [1.165, 1.54) is 12.1 Å². The first-order valence-electron chi connectivity index (χ1n) is 6.49. The molecule has 1 atom stereocenters. The zero-order chi connectivity index (χ0) is 14.7. The highest BCUT2D eigenvalue weighted by atomic mass is 19.3. The van der Waals surface area contributed by atoms with Gasteiger partial charge in [0.15, 0.2) is 0 Å². The molecular formula is C13H16F2N2O3. The fourth-order valence-electron chi connectivity index (χ4n) is 2.50.